The van der Waals surface area contributed by atoms with E-state index >= 15 is 0 Å². The minimum Gasteiger partial charge on any atom is -0.384 e. The van der Waals surface area contributed by atoms with Gasteiger partial charge in [-0.05, 0) is 12.6 Å². The van der Waals surface area contributed by atoms with Gasteiger partial charge in [-0.3, -0.25) is 5.41 Å². The molecule has 6 heteroatoms. The van der Waals surface area contributed by atoms with Crippen molar-refractivity contribution in [3.63, 3.8) is 0 Å². The molecule has 0 amide bonds. The van der Waals surface area contributed by atoms with Crippen molar-refractivity contribution in [1.29, 1.82) is 5.41 Å². The predicted molar refractivity (Wildman–Crippen MR) is 74.6 cm³/mol. The predicted octanol–water partition coefficient (Wildman–Crippen LogP) is 1.16. The summed E-state index contributed by atoms with van der Waals surface area (Å²) < 4.78 is 0. The van der Waals surface area contributed by atoms with Crippen LogP contribution in [0, 0.1) is 5.41 Å². The van der Waals surface area contributed by atoms with E-state index in [-0.39, 0.29) is 5.84 Å². The Morgan fingerprint density at radius 3 is 2.67 bits per heavy atom. The number of nitrogens with two attached hydrogens (primary N) is 1. The molecule has 1 fully saturated rings. The first kappa shape index (κ1) is 13.1. The highest BCUT2D eigenvalue weighted by Gasteiger charge is 2.20. The number of likely N-dealkylation sites (N-methyl/N-ethyl adjacent to an activating group) is 1. The van der Waals surface area contributed by atoms with E-state index in [1.807, 2.05) is 0 Å². The molecule has 2 heterocycles. The van der Waals surface area contributed by atoms with Crippen LogP contribution in [0.4, 0.5) is 5.82 Å². The van der Waals surface area contributed by atoms with Crippen LogP contribution in [0.15, 0.2) is 12.3 Å². The van der Waals surface area contributed by atoms with Gasteiger partial charge in [0.05, 0.1) is 5.02 Å². The lowest BCUT2D eigenvalue weighted by molar-refractivity contribution is 0.270. The molecule has 1 aliphatic heterocycles. The summed E-state index contributed by atoms with van der Waals surface area (Å²) in [5.74, 6) is 0.718. The van der Waals surface area contributed by atoms with Gasteiger partial charge >= 0.3 is 0 Å². The van der Waals surface area contributed by atoms with E-state index in [9.17, 15) is 0 Å². The summed E-state index contributed by atoms with van der Waals surface area (Å²) in [4.78, 5) is 8.86. The van der Waals surface area contributed by atoms with Crippen LogP contribution >= 0.6 is 11.6 Å². The lowest BCUT2D eigenvalue weighted by atomic mass is 10.2. The first-order chi connectivity index (χ1) is 8.63. The van der Waals surface area contributed by atoms with Crippen LogP contribution < -0.4 is 10.6 Å². The number of anilines is 1. The Balaban J connectivity index is 2.19. The van der Waals surface area contributed by atoms with Crippen molar-refractivity contribution >= 4 is 23.3 Å². The number of hydrogen-bond donors (Lipinski definition) is 2. The highest BCUT2D eigenvalue weighted by Crippen LogP contribution is 2.27. The minimum atomic E-state index is -0.0177. The fourth-order valence-corrected chi connectivity index (χ4v) is 2.47. The van der Waals surface area contributed by atoms with Crippen molar-refractivity contribution in [3.05, 3.63) is 22.8 Å². The highest BCUT2D eigenvalue weighted by atomic mass is 35.5. The van der Waals surface area contributed by atoms with E-state index in [2.05, 4.69) is 21.7 Å². The Labute approximate surface area is 112 Å². The summed E-state index contributed by atoms with van der Waals surface area (Å²) >= 11 is 6.27. The maximum absolute atomic E-state index is 7.49. The topological polar surface area (TPSA) is 69.2 Å². The van der Waals surface area contributed by atoms with E-state index in [1.165, 1.54) is 0 Å². The van der Waals surface area contributed by atoms with Crippen molar-refractivity contribution in [1.82, 2.24) is 9.88 Å². The Kier molecular flexibility index (Phi) is 4.04. The zero-order valence-corrected chi connectivity index (χ0v) is 11.2. The van der Waals surface area contributed by atoms with Gasteiger partial charge in [0, 0.05) is 37.9 Å². The van der Waals surface area contributed by atoms with Crippen LogP contribution in [0.5, 0.6) is 0 Å². The van der Waals surface area contributed by atoms with E-state index in [1.54, 1.807) is 12.3 Å². The molecule has 0 unspecified atom stereocenters. The highest BCUT2D eigenvalue weighted by molar-refractivity contribution is 6.36. The van der Waals surface area contributed by atoms with Crippen LogP contribution in [0.3, 0.4) is 0 Å². The summed E-state index contributed by atoms with van der Waals surface area (Å²) in [5, 5.41) is 7.97. The number of halogens is 1. The standard InChI is InChI=1S/C12H18ClN5/c1-2-17-5-7-18(8-6-17)12-10(13)9(11(14)15)3-4-16-12/h3-4H,2,5-8H2,1H3,(H3,14,15). The third kappa shape index (κ3) is 2.57. The average molecular weight is 268 g/mol. The first-order valence-corrected chi connectivity index (χ1v) is 6.47. The van der Waals surface area contributed by atoms with E-state index in [0.29, 0.717) is 10.6 Å². The van der Waals surface area contributed by atoms with Gasteiger partial charge in [-0.25, -0.2) is 4.98 Å². The zero-order chi connectivity index (χ0) is 13.1. The van der Waals surface area contributed by atoms with E-state index in [4.69, 9.17) is 22.7 Å². The van der Waals surface area contributed by atoms with Crippen molar-refractivity contribution < 1.29 is 0 Å². The van der Waals surface area contributed by atoms with Gasteiger partial charge in [0.15, 0.2) is 0 Å². The SMILES string of the molecule is CCN1CCN(c2nccc(C(=N)N)c2Cl)CC1. The quantitative estimate of drug-likeness (QED) is 0.637. The zero-order valence-electron chi connectivity index (χ0n) is 10.5. The molecule has 0 atom stereocenters. The molecule has 0 radical (unpaired) electrons. The molecule has 1 aromatic rings. The lowest BCUT2D eigenvalue weighted by Gasteiger charge is -2.35. The van der Waals surface area contributed by atoms with Crippen molar-refractivity contribution in [2.45, 2.75) is 6.92 Å². The van der Waals surface area contributed by atoms with Crippen molar-refractivity contribution in [2.24, 2.45) is 5.73 Å². The number of rotatable bonds is 3. The van der Waals surface area contributed by atoms with Gasteiger partial charge in [-0.15, -0.1) is 0 Å². The fraction of sp³-hybridized carbons (Fsp3) is 0.500. The van der Waals surface area contributed by atoms with Gasteiger partial charge in [0.2, 0.25) is 0 Å². The molecular weight excluding hydrogens is 250 g/mol. The monoisotopic (exact) mass is 267 g/mol. The number of pyridine rings is 1. The molecule has 1 aromatic heterocycles. The Morgan fingerprint density at radius 2 is 2.11 bits per heavy atom. The molecule has 1 saturated heterocycles. The lowest BCUT2D eigenvalue weighted by Crippen LogP contribution is -2.46. The maximum atomic E-state index is 7.49. The number of nitrogen functional groups attached to an aromatic ring is 1. The number of aromatic nitrogens is 1. The molecule has 0 saturated carbocycles. The van der Waals surface area contributed by atoms with E-state index < -0.39 is 0 Å². The normalized spacial score (nSPS) is 16.9. The van der Waals surface area contributed by atoms with Gasteiger partial charge in [-0.2, -0.15) is 0 Å². The molecule has 5 nitrogen and oxygen atoms in total. The third-order valence-electron chi connectivity index (χ3n) is 3.28. The van der Waals surface area contributed by atoms with Crippen LogP contribution in [0.25, 0.3) is 0 Å². The first-order valence-electron chi connectivity index (χ1n) is 6.09. The molecule has 18 heavy (non-hydrogen) atoms. The molecule has 98 valence electrons. The molecule has 0 aromatic carbocycles. The third-order valence-corrected chi connectivity index (χ3v) is 3.65. The largest absolute Gasteiger partial charge is 0.384 e. The van der Waals surface area contributed by atoms with E-state index in [0.717, 1.165) is 38.5 Å². The fourth-order valence-electron chi connectivity index (χ4n) is 2.14. The van der Waals surface area contributed by atoms with Crippen LogP contribution in [0.2, 0.25) is 5.02 Å². The summed E-state index contributed by atoms with van der Waals surface area (Å²) in [6.45, 7) is 7.07. The molecule has 2 rings (SSSR count). The molecule has 0 aliphatic carbocycles. The minimum absolute atomic E-state index is 0.0177. The second-order valence-electron chi connectivity index (χ2n) is 4.33. The maximum Gasteiger partial charge on any atom is 0.148 e. The number of nitrogens with zero attached hydrogens (tertiary/aromatic N) is 3. The second-order valence-corrected chi connectivity index (χ2v) is 4.71. The van der Waals surface area contributed by atoms with Crippen LogP contribution in [-0.4, -0.2) is 48.4 Å². The number of piperazine rings is 1. The smallest absolute Gasteiger partial charge is 0.148 e. The molecule has 0 bridgehead atoms. The molecule has 1 aliphatic rings. The average Bonchev–Trinajstić information content (AvgIpc) is 2.39. The van der Waals surface area contributed by atoms with Gasteiger partial charge in [0.1, 0.15) is 11.7 Å². The van der Waals surface area contributed by atoms with Crippen molar-refractivity contribution in [2.75, 3.05) is 37.6 Å². The van der Waals surface area contributed by atoms with Crippen molar-refractivity contribution in [3.8, 4) is 0 Å². The number of nitrogens with one attached hydrogen (secondary N) is 1. The molecule has 3 N–H and O–H groups in total. The van der Waals surface area contributed by atoms with Gasteiger partial charge in [-0.1, -0.05) is 18.5 Å². The summed E-state index contributed by atoms with van der Waals surface area (Å²) in [6, 6.07) is 1.68. The second kappa shape index (κ2) is 5.54. The van der Waals surface area contributed by atoms with Crippen LogP contribution in [-0.2, 0) is 0 Å². The number of hydrogen-bond acceptors (Lipinski definition) is 4. The molecular formula is C12H18ClN5. The van der Waals surface area contributed by atoms with Gasteiger partial charge < -0.3 is 15.5 Å². The summed E-state index contributed by atoms with van der Waals surface area (Å²) in [5.41, 5.74) is 6.06. The van der Waals surface area contributed by atoms with Gasteiger partial charge in [0.25, 0.3) is 0 Å². The Bertz CT molecular complexity index is 440. The Hall–Kier alpha value is -1.33. The van der Waals surface area contributed by atoms with Crippen LogP contribution in [0.1, 0.15) is 12.5 Å². The summed E-state index contributed by atoms with van der Waals surface area (Å²) in [7, 11) is 0. The Morgan fingerprint density at radius 1 is 1.44 bits per heavy atom. The molecule has 0 spiro atoms. The summed E-state index contributed by atoms with van der Waals surface area (Å²) in [6.07, 6.45) is 1.66. The number of amidine groups is 1.